The molecule has 0 aliphatic heterocycles. The maximum absolute atomic E-state index is 11.8. The van der Waals surface area contributed by atoms with Gasteiger partial charge in [0, 0.05) is 25.7 Å². The highest BCUT2D eigenvalue weighted by molar-refractivity contribution is 7.80. The lowest BCUT2D eigenvalue weighted by Crippen LogP contribution is -2.42. The van der Waals surface area contributed by atoms with Gasteiger partial charge >= 0.3 is 11.9 Å². The number of carbonyl (C=O) groups excluding carboxylic acids is 2. The Morgan fingerprint density at radius 3 is 1.70 bits per heavy atom. The second-order valence-electron chi connectivity index (χ2n) is 5.07. The first-order chi connectivity index (χ1) is 9.62. The second-order valence-corrected chi connectivity index (χ2v) is 5.97. The van der Waals surface area contributed by atoms with Gasteiger partial charge in [0.25, 0.3) is 5.79 Å². The number of ether oxygens (including phenoxy) is 2. The van der Waals surface area contributed by atoms with Crippen LogP contribution in [0.1, 0.15) is 57.8 Å². The van der Waals surface area contributed by atoms with Gasteiger partial charge in [-0.05, 0) is 37.2 Å². The minimum Gasteiger partial charge on any atom is -0.422 e. The van der Waals surface area contributed by atoms with Gasteiger partial charge < -0.3 is 9.47 Å². The van der Waals surface area contributed by atoms with Crippen molar-refractivity contribution in [1.29, 1.82) is 0 Å². The van der Waals surface area contributed by atoms with Crippen LogP contribution in [-0.2, 0) is 19.1 Å². The molecule has 0 aromatic carbocycles. The fourth-order valence-electron chi connectivity index (χ4n) is 2.28. The summed E-state index contributed by atoms with van der Waals surface area (Å²) < 4.78 is 11.0. The highest BCUT2D eigenvalue weighted by Gasteiger charge is 2.39. The predicted octanol–water partition coefficient (Wildman–Crippen LogP) is 3.15. The molecule has 0 amide bonds. The zero-order chi connectivity index (χ0) is 14.8. The van der Waals surface area contributed by atoms with Crippen LogP contribution in [0.5, 0.6) is 0 Å². The Balaban J connectivity index is 2.56. The lowest BCUT2D eigenvalue weighted by molar-refractivity contribution is -0.238. The maximum Gasteiger partial charge on any atom is 0.309 e. The van der Waals surface area contributed by atoms with E-state index in [1.54, 1.807) is 0 Å². The molecule has 0 atom stereocenters. The number of hydrogen-bond donors (Lipinski definition) is 2. The van der Waals surface area contributed by atoms with Gasteiger partial charge in [-0.15, -0.1) is 0 Å². The van der Waals surface area contributed by atoms with Crippen molar-refractivity contribution in [3.63, 3.8) is 0 Å². The van der Waals surface area contributed by atoms with Crippen LogP contribution in [0.3, 0.4) is 0 Å². The molecule has 1 saturated carbocycles. The molecule has 0 aromatic rings. The van der Waals surface area contributed by atoms with Gasteiger partial charge in [0.1, 0.15) is 0 Å². The van der Waals surface area contributed by atoms with Crippen LogP contribution >= 0.6 is 25.3 Å². The average molecular weight is 320 g/mol. The summed E-state index contributed by atoms with van der Waals surface area (Å²) >= 11 is 8.15. The van der Waals surface area contributed by atoms with Crippen LogP contribution < -0.4 is 0 Å². The molecular formula is C14H24O4S2. The molecule has 6 heteroatoms. The van der Waals surface area contributed by atoms with Gasteiger partial charge in [-0.2, -0.15) is 25.3 Å². The van der Waals surface area contributed by atoms with Gasteiger partial charge in [0.05, 0.1) is 0 Å². The van der Waals surface area contributed by atoms with Crippen LogP contribution in [0.2, 0.25) is 0 Å². The van der Waals surface area contributed by atoms with Crippen LogP contribution in [0.15, 0.2) is 0 Å². The molecule has 0 unspecified atom stereocenters. The summed E-state index contributed by atoms with van der Waals surface area (Å²) in [6, 6.07) is 0. The van der Waals surface area contributed by atoms with E-state index in [4.69, 9.17) is 9.47 Å². The summed E-state index contributed by atoms with van der Waals surface area (Å²) in [5.74, 6) is -0.348. The fraction of sp³-hybridized carbons (Fsp3) is 0.857. The first-order valence-electron chi connectivity index (χ1n) is 7.27. The van der Waals surface area contributed by atoms with Crippen LogP contribution in [0.4, 0.5) is 0 Å². The van der Waals surface area contributed by atoms with E-state index in [2.05, 4.69) is 25.3 Å². The van der Waals surface area contributed by atoms with Gasteiger partial charge in [-0.3, -0.25) is 9.59 Å². The van der Waals surface area contributed by atoms with Crippen molar-refractivity contribution in [2.24, 2.45) is 0 Å². The molecule has 20 heavy (non-hydrogen) atoms. The summed E-state index contributed by atoms with van der Waals surface area (Å²) in [4.78, 5) is 23.6. The number of hydrogen-bond acceptors (Lipinski definition) is 6. The average Bonchev–Trinajstić information content (AvgIpc) is 2.43. The van der Waals surface area contributed by atoms with E-state index < -0.39 is 5.79 Å². The quantitative estimate of drug-likeness (QED) is 0.410. The minimum atomic E-state index is -1.03. The minimum absolute atomic E-state index is 0.303. The monoisotopic (exact) mass is 320 g/mol. The first-order valence-corrected chi connectivity index (χ1v) is 8.54. The number of carbonyl (C=O) groups is 2. The molecule has 0 bridgehead atoms. The van der Waals surface area contributed by atoms with Gasteiger partial charge in [-0.1, -0.05) is 6.42 Å². The second kappa shape index (κ2) is 9.55. The van der Waals surface area contributed by atoms with Gasteiger partial charge in [-0.25, -0.2) is 0 Å². The number of esters is 2. The molecule has 1 fully saturated rings. The molecule has 4 nitrogen and oxygen atoms in total. The molecule has 0 spiro atoms. The van der Waals surface area contributed by atoms with E-state index in [0.717, 1.165) is 19.3 Å². The Labute approximate surface area is 131 Å². The van der Waals surface area contributed by atoms with Crippen molar-refractivity contribution in [2.45, 2.75) is 63.6 Å². The Bertz CT molecular complexity index is 290. The topological polar surface area (TPSA) is 52.6 Å². The highest BCUT2D eigenvalue weighted by atomic mass is 32.1. The Morgan fingerprint density at radius 1 is 0.850 bits per heavy atom. The molecular weight excluding hydrogens is 296 g/mol. The molecule has 1 aliphatic rings. The lowest BCUT2D eigenvalue weighted by Gasteiger charge is -2.35. The Kier molecular flexibility index (Phi) is 8.45. The zero-order valence-electron chi connectivity index (χ0n) is 11.8. The molecule has 0 aromatic heterocycles. The fourth-order valence-corrected chi connectivity index (χ4v) is 2.60. The van der Waals surface area contributed by atoms with E-state index in [0.29, 0.717) is 50.0 Å². The molecule has 0 heterocycles. The van der Waals surface area contributed by atoms with Crippen molar-refractivity contribution < 1.29 is 19.1 Å². The third-order valence-electron chi connectivity index (χ3n) is 3.29. The standard InChI is InChI=1S/C14H24O4S2/c15-12(6-4-10-19)17-14(8-2-1-3-9-14)18-13(16)7-5-11-20/h19-20H,1-11H2. The summed E-state index contributed by atoms with van der Waals surface area (Å²) in [6.07, 6.45) is 6.11. The number of rotatable bonds is 8. The summed E-state index contributed by atoms with van der Waals surface area (Å²) in [6.45, 7) is 0. The summed E-state index contributed by atoms with van der Waals surface area (Å²) in [7, 11) is 0. The van der Waals surface area contributed by atoms with Crippen LogP contribution in [-0.4, -0.2) is 29.2 Å². The molecule has 0 radical (unpaired) electrons. The van der Waals surface area contributed by atoms with Crippen molar-refractivity contribution in [1.82, 2.24) is 0 Å². The third kappa shape index (κ3) is 6.39. The largest absolute Gasteiger partial charge is 0.422 e. The van der Waals surface area contributed by atoms with Crippen LogP contribution in [0, 0.1) is 0 Å². The molecule has 116 valence electrons. The zero-order valence-corrected chi connectivity index (χ0v) is 13.6. The van der Waals surface area contributed by atoms with Gasteiger partial charge in [0.2, 0.25) is 0 Å². The lowest BCUT2D eigenvalue weighted by atomic mass is 9.94. The van der Waals surface area contributed by atoms with E-state index in [1.807, 2.05) is 0 Å². The van der Waals surface area contributed by atoms with E-state index in [9.17, 15) is 9.59 Å². The van der Waals surface area contributed by atoms with E-state index in [1.165, 1.54) is 0 Å². The van der Waals surface area contributed by atoms with Crippen molar-refractivity contribution in [3.05, 3.63) is 0 Å². The van der Waals surface area contributed by atoms with Crippen LogP contribution in [0.25, 0.3) is 0 Å². The third-order valence-corrected chi connectivity index (χ3v) is 3.93. The molecule has 0 saturated heterocycles. The maximum atomic E-state index is 11.8. The van der Waals surface area contributed by atoms with Crippen molar-refractivity contribution in [3.8, 4) is 0 Å². The first kappa shape index (κ1) is 17.7. The Hall–Kier alpha value is -0.360. The van der Waals surface area contributed by atoms with Crippen molar-refractivity contribution >= 4 is 37.2 Å². The van der Waals surface area contributed by atoms with E-state index in [-0.39, 0.29) is 11.9 Å². The number of thiol groups is 2. The highest BCUT2D eigenvalue weighted by Crippen LogP contribution is 2.33. The normalized spacial score (nSPS) is 17.5. The van der Waals surface area contributed by atoms with Gasteiger partial charge in [0.15, 0.2) is 0 Å². The summed E-state index contributed by atoms with van der Waals surface area (Å²) in [5, 5.41) is 0. The van der Waals surface area contributed by atoms with E-state index >= 15 is 0 Å². The molecule has 0 N–H and O–H groups in total. The SMILES string of the molecule is O=C(CCCS)OC1(OC(=O)CCCS)CCCCC1. The Morgan fingerprint density at radius 2 is 1.30 bits per heavy atom. The summed E-state index contributed by atoms with van der Waals surface area (Å²) in [5.41, 5.74) is 0. The molecule has 1 rings (SSSR count). The van der Waals surface area contributed by atoms with Crippen molar-refractivity contribution in [2.75, 3.05) is 11.5 Å². The molecule has 1 aliphatic carbocycles. The smallest absolute Gasteiger partial charge is 0.309 e. The predicted molar refractivity (Wildman–Crippen MR) is 84.2 cm³/mol.